The molecule has 0 aromatic heterocycles. The number of rotatable bonds is 5. The summed E-state index contributed by atoms with van der Waals surface area (Å²) in [4.78, 5) is 0.0634. The molecule has 1 saturated carbocycles. The number of hydrogen-bond acceptors (Lipinski definition) is 2. The van der Waals surface area contributed by atoms with Crippen LogP contribution in [-0.4, -0.2) is 8.42 Å². The summed E-state index contributed by atoms with van der Waals surface area (Å²) in [7, 11) is -3.69. The van der Waals surface area contributed by atoms with Gasteiger partial charge in [-0.3, -0.25) is 0 Å². The topological polar surface area (TPSA) is 46.2 Å². The van der Waals surface area contributed by atoms with Crippen LogP contribution in [-0.2, 0) is 10.0 Å². The molecule has 22 heavy (non-hydrogen) atoms. The van der Waals surface area contributed by atoms with E-state index < -0.39 is 15.8 Å². The van der Waals surface area contributed by atoms with Gasteiger partial charge in [0.05, 0.1) is 4.90 Å². The molecule has 116 valence electrons. The van der Waals surface area contributed by atoms with Crippen molar-refractivity contribution in [2.24, 2.45) is 5.92 Å². The molecule has 1 N–H and O–H groups in total. The highest BCUT2D eigenvalue weighted by Crippen LogP contribution is 2.41. The second-order valence-electron chi connectivity index (χ2n) is 5.44. The van der Waals surface area contributed by atoms with Crippen LogP contribution in [0.15, 0.2) is 53.4 Å². The average Bonchev–Trinajstić information content (AvgIpc) is 3.31. The van der Waals surface area contributed by atoms with Crippen LogP contribution in [0.4, 0.5) is 4.39 Å². The highest BCUT2D eigenvalue weighted by molar-refractivity contribution is 7.89. The van der Waals surface area contributed by atoms with E-state index in [0.717, 1.165) is 30.5 Å². The van der Waals surface area contributed by atoms with E-state index in [1.165, 1.54) is 12.1 Å². The fourth-order valence-corrected chi connectivity index (χ4v) is 3.80. The minimum atomic E-state index is -3.69. The molecule has 6 heteroatoms. The number of benzene rings is 2. The van der Waals surface area contributed by atoms with E-state index in [4.69, 9.17) is 11.6 Å². The molecule has 1 fully saturated rings. The van der Waals surface area contributed by atoms with Crippen LogP contribution >= 0.6 is 11.6 Å². The maximum atomic E-state index is 13.0. The molecule has 0 saturated heterocycles. The van der Waals surface area contributed by atoms with E-state index in [1.54, 1.807) is 12.1 Å². The van der Waals surface area contributed by atoms with Crippen molar-refractivity contribution in [2.45, 2.75) is 23.8 Å². The lowest BCUT2D eigenvalue weighted by atomic mass is 10.0. The Morgan fingerprint density at radius 3 is 2.18 bits per heavy atom. The highest BCUT2D eigenvalue weighted by atomic mass is 35.5. The molecule has 1 aliphatic rings. The summed E-state index contributed by atoms with van der Waals surface area (Å²) < 4.78 is 40.6. The molecule has 0 aliphatic heterocycles. The van der Waals surface area contributed by atoms with Crippen molar-refractivity contribution in [3.63, 3.8) is 0 Å². The van der Waals surface area contributed by atoms with E-state index in [2.05, 4.69) is 4.72 Å². The van der Waals surface area contributed by atoms with Crippen LogP contribution in [0.5, 0.6) is 0 Å². The van der Waals surface area contributed by atoms with E-state index in [9.17, 15) is 12.8 Å². The first-order chi connectivity index (χ1) is 10.5. The van der Waals surface area contributed by atoms with Gasteiger partial charge in [-0.05, 0) is 60.7 Å². The molecular formula is C16H15ClFNO2S. The first kappa shape index (κ1) is 15.5. The summed E-state index contributed by atoms with van der Waals surface area (Å²) in [6.45, 7) is 0. The minimum absolute atomic E-state index is 0.0634. The van der Waals surface area contributed by atoms with E-state index >= 15 is 0 Å². The molecular weight excluding hydrogens is 325 g/mol. The van der Waals surface area contributed by atoms with Gasteiger partial charge in [-0.1, -0.05) is 23.7 Å². The molecule has 2 aromatic rings. The number of halogens is 2. The lowest BCUT2D eigenvalue weighted by Crippen LogP contribution is -2.30. The Bertz CT molecular complexity index is 756. The van der Waals surface area contributed by atoms with Crippen molar-refractivity contribution in [3.05, 3.63) is 64.9 Å². The molecule has 3 rings (SSSR count). The van der Waals surface area contributed by atoms with E-state index in [0.29, 0.717) is 5.02 Å². The Kier molecular flexibility index (Phi) is 4.21. The molecule has 0 spiro atoms. The van der Waals surface area contributed by atoms with Gasteiger partial charge < -0.3 is 0 Å². The van der Waals surface area contributed by atoms with Gasteiger partial charge in [-0.2, -0.15) is 0 Å². The highest BCUT2D eigenvalue weighted by Gasteiger charge is 2.35. The third kappa shape index (κ3) is 3.48. The van der Waals surface area contributed by atoms with Crippen molar-refractivity contribution >= 4 is 21.6 Å². The maximum absolute atomic E-state index is 13.0. The number of hydrogen-bond donors (Lipinski definition) is 1. The Labute approximate surface area is 134 Å². The normalized spacial score (nSPS) is 16.5. The van der Waals surface area contributed by atoms with Gasteiger partial charge >= 0.3 is 0 Å². The second kappa shape index (κ2) is 5.99. The van der Waals surface area contributed by atoms with Gasteiger partial charge in [0.25, 0.3) is 0 Å². The fourth-order valence-electron chi connectivity index (χ4n) is 2.39. The average molecular weight is 340 g/mol. The van der Waals surface area contributed by atoms with Crippen LogP contribution in [0.3, 0.4) is 0 Å². The predicted octanol–water partition coefficient (Wildman–Crippen LogP) is 3.91. The van der Waals surface area contributed by atoms with Crippen molar-refractivity contribution < 1.29 is 12.8 Å². The Morgan fingerprint density at radius 1 is 1.05 bits per heavy atom. The van der Waals surface area contributed by atoms with E-state index in [1.807, 2.05) is 12.1 Å². The quantitative estimate of drug-likeness (QED) is 0.897. The smallest absolute Gasteiger partial charge is 0.207 e. The molecule has 2 aromatic carbocycles. The number of sulfonamides is 1. The molecule has 1 atom stereocenters. The maximum Gasteiger partial charge on any atom is 0.241 e. The van der Waals surface area contributed by atoms with Crippen LogP contribution in [0.1, 0.15) is 24.4 Å². The SMILES string of the molecule is O=S(=O)(N[C@@H](c1ccc(Cl)cc1)C1CC1)c1ccc(F)cc1. The summed E-state index contributed by atoms with van der Waals surface area (Å²) in [6.07, 6.45) is 1.97. The summed E-state index contributed by atoms with van der Waals surface area (Å²) in [6, 6.07) is 11.7. The van der Waals surface area contributed by atoms with Gasteiger partial charge in [-0.25, -0.2) is 17.5 Å². The molecule has 0 amide bonds. The molecule has 3 nitrogen and oxygen atoms in total. The van der Waals surface area contributed by atoms with Crippen LogP contribution < -0.4 is 4.72 Å². The lowest BCUT2D eigenvalue weighted by molar-refractivity contribution is 0.529. The van der Waals surface area contributed by atoms with Crippen LogP contribution in [0.2, 0.25) is 5.02 Å². The van der Waals surface area contributed by atoms with Crippen molar-refractivity contribution in [2.75, 3.05) is 0 Å². The van der Waals surface area contributed by atoms with Crippen LogP contribution in [0, 0.1) is 11.7 Å². The number of nitrogens with one attached hydrogen (secondary N) is 1. The van der Waals surface area contributed by atoms with Crippen molar-refractivity contribution in [3.8, 4) is 0 Å². The molecule has 0 radical (unpaired) electrons. The molecule has 1 aliphatic carbocycles. The largest absolute Gasteiger partial charge is 0.241 e. The zero-order chi connectivity index (χ0) is 15.7. The van der Waals surface area contributed by atoms with E-state index in [-0.39, 0.29) is 16.9 Å². The monoisotopic (exact) mass is 339 g/mol. The van der Waals surface area contributed by atoms with Crippen LogP contribution in [0.25, 0.3) is 0 Å². The zero-order valence-electron chi connectivity index (χ0n) is 11.7. The standard InChI is InChI=1S/C16H15ClFNO2S/c17-13-5-3-12(4-6-13)16(11-1-2-11)19-22(20,21)15-9-7-14(18)8-10-15/h3-11,16,19H,1-2H2/t16-/m1/s1. The second-order valence-corrected chi connectivity index (χ2v) is 7.59. The van der Waals surface area contributed by atoms with Gasteiger partial charge in [0.2, 0.25) is 10.0 Å². The van der Waals surface area contributed by atoms with Crippen molar-refractivity contribution in [1.82, 2.24) is 4.72 Å². The Balaban J connectivity index is 1.87. The van der Waals surface area contributed by atoms with Crippen molar-refractivity contribution in [1.29, 1.82) is 0 Å². The van der Waals surface area contributed by atoms with Gasteiger partial charge in [0.15, 0.2) is 0 Å². The summed E-state index contributed by atoms with van der Waals surface area (Å²) in [5.74, 6) is -0.174. The summed E-state index contributed by atoms with van der Waals surface area (Å²) in [5, 5.41) is 0.611. The van der Waals surface area contributed by atoms with Gasteiger partial charge in [0.1, 0.15) is 5.82 Å². The molecule has 0 bridgehead atoms. The third-order valence-electron chi connectivity index (χ3n) is 3.73. The Morgan fingerprint density at radius 2 is 1.64 bits per heavy atom. The summed E-state index contributed by atoms with van der Waals surface area (Å²) >= 11 is 5.88. The molecule has 0 heterocycles. The predicted molar refractivity (Wildman–Crippen MR) is 83.6 cm³/mol. The lowest BCUT2D eigenvalue weighted by Gasteiger charge is -2.19. The third-order valence-corrected chi connectivity index (χ3v) is 5.44. The minimum Gasteiger partial charge on any atom is -0.207 e. The summed E-state index contributed by atoms with van der Waals surface area (Å²) in [5.41, 5.74) is 0.887. The molecule has 0 unspecified atom stereocenters. The Hall–Kier alpha value is -1.43. The van der Waals surface area contributed by atoms with Gasteiger partial charge in [0, 0.05) is 11.1 Å². The fraction of sp³-hybridized carbons (Fsp3) is 0.250. The first-order valence-electron chi connectivity index (χ1n) is 6.99. The van der Waals surface area contributed by atoms with Gasteiger partial charge in [-0.15, -0.1) is 0 Å². The zero-order valence-corrected chi connectivity index (χ0v) is 13.2. The first-order valence-corrected chi connectivity index (χ1v) is 8.85.